The zero-order valence-corrected chi connectivity index (χ0v) is 20.0. The van der Waals surface area contributed by atoms with E-state index < -0.39 is 0 Å². The summed E-state index contributed by atoms with van der Waals surface area (Å²) in [4.78, 5) is 9.37. The maximum Gasteiger partial charge on any atom is -0.147 e. The first kappa shape index (κ1) is 24.6. The van der Waals surface area contributed by atoms with Gasteiger partial charge in [-0.2, -0.15) is 0 Å². The van der Waals surface area contributed by atoms with Crippen molar-refractivity contribution in [2.75, 3.05) is 0 Å². The van der Waals surface area contributed by atoms with E-state index in [-0.39, 0.29) is 18.6 Å². The van der Waals surface area contributed by atoms with Crippen molar-refractivity contribution in [2.24, 2.45) is 0 Å². The number of aromatic nitrogens is 2. The Bertz CT molecular complexity index is 1230. The Morgan fingerprint density at radius 2 is 1.50 bits per heavy atom. The second-order valence-electron chi connectivity index (χ2n) is 6.80. The molecule has 0 bridgehead atoms. The maximum absolute atomic E-state index is 6.51. The smallest absolute Gasteiger partial charge is 0.147 e. The Balaban J connectivity index is 0.00000160. The van der Waals surface area contributed by atoms with Crippen molar-refractivity contribution in [1.82, 2.24) is 16.1 Å². The zero-order chi connectivity index (χ0) is 19.8. The molecular formula is C23H22Cl3FeN3. The Kier molecular flexibility index (Phi) is 8.29. The van der Waals surface area contributed by atoms with E-state index >= 15 is 0 Å². The average molecular weight is 503 g/mol. The SMILES string of the molecule is C=[C]([Fe][c]1c(Cl)cccc1C(C)C)c1ccc2ccc3ccc(Cl)nc3c2n1.Cl.N. The first-order valence-corrected chi connectivity index (χ1v) is 10.8. The van der Waals surface area contributed by atoms with E-state index in [9.17, 15) is 0 Å². The van der Waals surface area contributed by atoms with Gasteiger partial charge in [0, 0.05) is 0 Å². The summed E-state index contributed by atoms with van der Waals surface area (Å²) < 4.78 is 2.04. The van der Waals surface area contributed by atoms with Gasteiger partial charge in [0.2, 0.25) is 0 Å². The third kappa shape index (κ3) is 4.81. The fraction of sp³-hybridized carbons (Fsp3) is 0.130. The van der Waals surface area contributed by atoms with E-state index in [0.717, 1.165) is 41.5 Å². The zero-order valence-electron chi connectivity index (χ0n) is 16.6. The van der Waals surface area contributed by atoms with Gasteiger partial charge < -0.3 is 6.15 Å². The number of rotatable bonds is 4. The molecule has 2 heterocycles. The molecule has 3 N–H and O–H groups in total. The monoisotopic (exact) mass is 501 g/mol. The minimum Gasteiger partial charge on any atom is -0.344 e. The van der Waals surface area contributed by atoms with Crippen LogP contribution in [0.4, 0.5) is 0 Å². The van der Waals surface area contributed by atoms with Crippen LogP contribution in [-0.2, 0) is 15.0 Å². The maximum atomic E-state index is 6.51. The van der Waals surface area contributed by atoms with E-state index in [1.165, 1.54) is 5.56 Å². The van der Waals surface area contributed by atoms with Crippen LogP contribution in [0.1, 0.15) is 31.0 Å². The second-order valence-corrected chi connectivity index (χ2v) is 9.09. The Hall–Kier alpha value is -1.65. The minimum absolute atomic E-state index is 0. The van der Waals surface area contributed by atoms with Crippen LogP contribution in [0.25, 0.3) is 26.3 Å². The molecule has 0 aliphatic carbocycles. The van der Waals surface area contributed by atoms with Crippen molar-refractivity contribution < 1.29 is 15.0 Å². The number of halogens is 3. The average Bonchev–Trinajstić information content (AvgIpc) is 2.68. The molecule has 0 amide bonds. The van der Waals surface area contributed by atoms with Crippen molar-refractivity contribution in [3.05, 3.63) is 82.6 Å². The van der Waals surface area contributed by atoms with Crippen LogP contribution >= 0.6 is 35.6 Å². The molecule has 0 atom stereocenters. The first-order chi connectivity index (χ1) is 13.4. The van der Waals surface area contributed by atoms with Crippen LogP contribution in [0.15, 0.2) is 61.2 Å². The molecule has 2 aromatic carbocycles. The van der Waals surface area contributed by atoms with E-state index in [1.54, 1.807) is 6.07 Å². The van der Waals surface area contributed by atoms with Gasteiger partial charge in [-0.3, -0.25) is 0 Å². The standard InChI is InChI=1S/C14H8ClN2.C9H10Cl.ClH.Fe.H3N/c1-2-11-7-5-9-3-4-10-6-8-12(15)17-14(10)13(9)16-11;1-7(2)8-4-3-5-9(10)6-8;;;/h3-8H,1H2;3-5,7H,1-2H3;1H;;1H3. The molecular weight excluding hydrogens is 480 g/mol. The summed E-state index contributed by atoms with van der Waals surface area (Å²) in [6.45, 7) is 8.65. The van der Waals surface area contributed by atoms with E-state index in [2.05, 4.69) is 43.6 Å². The summed E-state index contributed by atoms with van der Waals surface area (Å²) in [5.41, 5.74) is 3.73. The van der Waals surface area contributed by atoms with Crippen LogP contribution in [0.2, 0.25) is 10.2 Å². The predicted octanol–water partition coefficient (Wildman–Crippen LogP) is 7.18. The Morgan fingerprint density at radius 3 is 2.17 bits per heavy atom. The number of nitrogens with zero attached hydrogens (tertiary/aromatic N) is 2. The van der Waals surface area contributed by atoms with Gasteiger partial charge in [-0.1, -0.05) is 0 Å². The normalized spacial score (nSPS) is 10.8. The molecule has 0 fully saturated rings. The minimum atomic E-state index is 0. The van der Waals surface area contributed by atoms with Gasteiger partial charge in [0.25, 0.3) is 0 Å². The van der Waals surface area contributed by atoms with Crippen LogP contribution in [-0.4, -0.2) is 9.97 Å². The van der Waals surface area contributed by atoms with Crippen LogP contribution in [0.5, 0.6) is 0 Å². The van der Waals surface area contributed by atoms with Crippen molar-refractivity contribution in [3.8, 4) is 0 Å². The summed E-state index contributed by atoms with van der Waals surface area (Å²) in [5, 5.41) is 3.27. The summed E-state index contributed by atoms with van der Waals surface area (Å²) in [7, 11) is 0. The molecule has 0 spiro atoms. The molecule has 2 aromatic heterocycles. The van der Waals surface area contributed by atoms with E-state index in [0.29, 0.717) is 26.0 Å². The molecule has 4 rings (SSSR count). The fourth-order valence-corrected chi connectivity index (χ4v) is 4.98. The van der Waals surface area contributed by atoms with Crippen LogP contribution in [0.3, 0.4) is 0 Å². The van der Waals surface area contributed by atoms with Gasteiger partial charge in [-0.25, -0.2) is 0 Å². The summed E-state index contributed by atoms with van der Waals surface area (Å²) >= 11 is 13.3. The quantitative estimate of drug-likeness (QED) is 0.183. The molecule has 30 heavy (non-hydrogen) atoms. The molecule has 0 aliphatic rings. The molecule has 158 valence electrons. The van der Waals surface area contributed by atoms with Crippen LogP contribution in [0, 0.1) is 0 Å². The van der Waals surface area contributed by atoms with Gasteiger partial charge in [0.1, 0.15) is 0 Å². The van der Waals surface area contributed by atoms with Crippen molar-refractivity contribution in [1.29, 1.82) is 0 Å². The topological polar surface area (TPSA) is 60.8 Å². The summed E-state index contributed by atoms with van der Waals surface area (Å²) in [6.07, 6.45) is 0. The van der Waals surface area contributed by atoms with Gasteiger partial charge in [0.05, 0.1) is 0 Å². The molecule has 3 nitrogen and oxygen atoms in total. The number of pyridine rings is 2. The first-order valence-electron chi connectivity index (χ1n) is 8.90. The Labute approximate surface area is 199 Å². The number of hydrogen-bond acceptors (Lipinski definition) is 3. The summed E-state index contributed by atoms with van der Waals surface area (Å²) in [5.74, 6) is 0.390. The largest absolute Gasteiger partial charge is 0.344 e. The molecule has 0 saturated heterocycles. The molecule has 7 heteroatoms. The van der Waals surface area contributed by atoms with E-state index in [4.69, 9.17) is 28.2 Å². The van der Waals surface area contributed by atoms with Gasteiger partial charge in [-0.15, -0.1) is 12.4 Å². The molecule has 0 unspecified atom stereocenters. The third-order valence-corrected chi connectivity index (χ3v) is 6.72. The number of hydrogen-bond donors (Lipinski definition) is 1. The van der Waals surface area contributed by atoms with Gasteiger partial charge in [0.15, 0.2) is 0 Å². The Morgan fingerprint density at radius 1 is 0.900 bits per heavy atom. The van der Waals surface area contributed by atoms with E-state index in [1.807, 2.05) is 30.3 Å². The fourth-order valence-electron chi connectivity index (χ4n) is 3.09. The van der Waals surface area contributed by atoms with Crippen LogP contribution < -0.4 is 10.6 Å². The van der Waals surface area contributed by atoms with Gasteiger partial charge >= 0.3 is 181 Å². The second kappa shape index (κ2) is 10.1. The van der Waals surface area contributed by atoms with Crippen molar-refractivity contribution in [2.45, 2.75) is 19.8 Å². The summed E-state index contributed by atoms with van der Waals surface area (Å²) in [6, 6.07) is 18.0. The van der Waals surface area contributed by atoms with Gasteiger partial charge in [-0.05, 0) is 0 Å². The molecule has 0 saturated carbocycles. The number of fused-ring (bicyclic) bond motifs is 3. The molecule has 0 aliphatic heterocycles. The van der Waals surface area contributed by atoms with Crippen molar-refractivity contribution >= 4 is 66.3 Å². The third-order valence-electron chi connectivity index (χ3n) is 4.54. The number of benzene rings is 2. The molecule has 4 aromatic rings. The molecule has 0 radical (unpaired) electrons. The predicted molar refractivity (Wildman–Crippen MR) is 129 cm³/mol. The van der Waals surface area contributed by atoms with Crippen molar-refractivity contribution in [3.63, 3.8) is 0 Å².